The number of thioether (sulfide) groups is 2. The van der Waals surface area contributed by atoms with E-state index in [1.807, 2.05) is 42.6 Å². The van der Waals surface area contributed by atoms with Crippen LogP contribution in [0, 0.1) is 0 Å². The Labute approximate surface area is 151 Å². The Morgan fingerprint density at radius 2 is 1.92 bits per heavy atom. The zero-order valence-electron chi connectivity index (χ0n) is 13.8. The molecule has 0 unspecified atom stereocenters. The molecule has 0 aromatic heterocycles. The van der Waals surface area contributed by atoms with Crippen molar-refractivity contribution in [3.8, 4) is 5.75 Å². The molecule has 1 amide bonds. The predicted octanol–water partition coefficient (Wildman–Crippen LogP) is 3.26. The molecule has 0 spiro atoms. The maximum absolute atomic E-state index is 12.1. The summed E-state index contributed by atoms with van der Waals surface area (Å²) in [5.41, 5.74) is 1.28. The molecule has 1 aliphatic heterocycles. The lowest BCUT2D eigenvalue weighted by Crippen LogP contribution is -2.36. The van der Waals surface area contributed by atoms with Crippen LogP contribution in [-0.2, 0) is 9.59 Å². The van der Waals surface area contributed by atoms with Crippen LogP contribution in [0.1, 0.15) is 29.9 Å². The van der Waals surface area contributed by atoms with Gasteiger partial charge in [0.1, 0.15) is 5.75 Å². The van der Waals surface area contributed by atoms with E-state index in [-0.39, 0.29) is 25.5 Å². The highest BCUT2D eigenvalue weighted by Gasteiger charge is 2.17. The molecule has 0 saturated carbocycles. The minimum atomic E-state index is -0.906. The Morgan fingerprint density at radius 1 is 1.25 bits per heavy atom. The van der Waals surface area contributed by atoms with E-state index >= 15 is 0 Å². The quantitative estimate of drug-likeness (QED) is 0.759. The fourth-order valence-corrected chi connectivity index (χ4v) is 5.22. The molecule has 1 aromatic rings. The number of hydrogen-bond acceptors (Lipinski definition) is 5. The van der Waals surface area contributed by atoms with Crippen molar-refractivity contribution >= 4 is 35.4 Å². The Balaban J connectivity index is 1.82. The van der Waals surface area contributed by atoms with Crippen molar-refractivity contribution in [1.29, 1.82) is 0 Å². The van der Waals surface area contributed by atoms with Crippen molar-refractivity contribution < 1.29 is 19.4 Å². The van der Waals surface area contributed by atoms with Gasteiger partial charge in [0.15, 0.2) is 6.61 Å². The van der Waals surface area contributed by atoms with E-state index < -0.39 is 5.97 Å². The van der Waals surface area contributed by atoms with Crippen LogP contribution < -0.4 is 4.74 Å². The van der Waals surface area contributed by atoms with E-state index in [1.54, 1.807) is 0 Å². The van der Waals surface area contributed by atoms with E-state index in [0.29, 0.717) is 16.9 Å². The van der Waals surface area contributed by atoms with Crippen LogP contribution in [0.5, 0.6) is 5.75 Å². The number of carbonyl (C=O) groups is 2. The van der Waals surface area contributed by atoms with Gasteiger partial charge < -0.3 is 14.7 Å². The summed E-state index contributed by atoms with van der Waals surface area (Å²) < 4.78 is 6.03. The normalized spacial score (nSPS) is 15.0. The van der Waals surface area contributed by atoms with Gasteiger partial charge in [-0.3, -0.25) is 9.59 Å². The fourth-order valence-electron chi connectivity index (χ4n) is 2.33. The zero-order valence-corrected chi connectivity index (χ0v) is 15.4. The molecule has 1 heterocycles. The van der Waals surface area contributed by atoms with Gasteiger partial charge in [-0.05, 0) is 42.5 Å². The smallest absolute Gasteiger partial charge is 0.305 e. The summed E-state index contributed by atoms with van der Waals surface area (Å²) in [6, 6.07) is 7.90. The van der Waals surface area contributed by atoms with Crippen LogP contribution in [0.3, 0.4) is 0 Å². The first kappa shape index (κ1) is 19.0. The van der Waals surface area contributed by atoms with Gasteiger partial charge in [0, 0.05) is 13.1 Å². The monoisotopic (exact) mass is 369 g/mol. The number of hydrogen-bond donors (Lipinski definition) is 1. The van der Waals surface area contributed by atoms with Gasteiger partial charge in [0.05, 0.1) is 11.0 Å². The van der Waals surface area contributed by atoms with Crippen molar-refractivity contribution in [2.24, 2.45) is 0 Å². The van der Waals surface area contributed by atoms with Gasteiger partial charge in [-0.15, -0.1) is 23.5 Å². The van der Waals surface area contributed by atoms with Crippen molar-refractivity contribution in [1.82, 2.24) is 4.90 Å². The number of carboxylic acids is 1. The molecule has 132 valence electrons. The third-order valence-electron chi connectivity index (χ3n) is 3.67. The average Bonchev–Trinajstić information content (AvgIpc) is 2.61. The lowest BCUT2D eigenvalue weighted by atomic mass is 10.2. The molecule has 0 radical (unpaired) electrons. The van der Waals surface area contributed by atoms with Crippen LogP contribution in [0.25, 0.3) is 0 Å². The summed E-state index contributed by atoms with van der Waals surface area (Å²) in [5, 5.41) is 8.71. The Morgan fingerprint density at radius 3 is 2.50 bits per heavy atom. The van der Waals surface area contributed by atoms with E-state index in [9.17, 15) is 9.59 Å². The Kier molecular flexibility index (Phi) is 7.78. The van der Waals surface area contributed by atoms with Gasteiger partial charge >= 0.3 is 5.97 Å². The van der Waals surface area contributed by atoms with Crippen LogP contribution in [0.2, 0.25) is 0 Å². The molecule has 1 N–H and O–H groups in total. The van der Waals surface area contributed by atoms with Crippen LogP contribution in [0.4, 0.5) is 0 Å². The molecule has 5 nitrogen and oxygen atoms in total. The Bertz CT molecular complexity index is 544. The third-order valence-corrected chi connectivity index (χ3v) is 6.69. The standard InChI is InChI=1S/C17H23NO4S2/c1-2-18(9-8-16(20)21)15(19)12-22-14-6-4-13(5-7-14)17-23-10-3-11-24-17/h4-7,17H,2-3,8-12H2,1H3,(H,20,21). The molecule has 0 bridgehead atoms. The van der Waals surface area contributed by atoms with E-state index in [4.69, 9.17) is 9.84 Å². The second-order valence-corrected chi connectivity index (χ2v) is 8.13. The first-order chi connectivity index (χ1) is 11.6. The summed E-state index contributed by atoms with van der Waals surface area (Å²) >= 11 is 3.94. The number of aliphatic carboxylic acids is 1. The number of carbonyl (C=O) groups excluding carboxylic acids is 1. The summed E-state index contributed by atoms with van der Waals surface area (Å²) in [6.45, 7) is 2.45. The highest BCUT2D eigenvalue weighted by atomic mass is 32.2. The number of amides is 1. The van der Waals surface area contributed by atoms with Gasteiger partial charge in [0.2, 0.25) is 0 Å². The third kappa shape index (κ3) is 5.94. The van der Waals surface area contributed by atoms with Gasteiger partial charge in [-0.25, -0.2) is 0 Å². The van der Waals surface area contributed by atoms with Crippen molar-refractivity contribution in [3.63, 3.8) is 0 Å². The minimum absolute atomic E-state index is 0.0506. The number of benzene rings is 1. The second-order valence-electron chi connectivity index (χ2n) is 5.40. The highest BCUT2D eigenvalue weighted by Crippen LogP contribution is 2.43. The first-order valence-electron chi connectivity index (χ1n) is 8.05. The molecule has 1 aliphatic rings. The summed E-state index contributed by atoms with van der Waals surface area (Å²) in [4.78, 5) is 24.2. The van der Waals surface area contributed by atoms with Crippen molar-refractivity contribution in [2.75, 3.05) is 31.2 Å². The number of nitrogens with zero attached hydrogens (tertiary/aromatic N) is 1. The fraction of sp³-hybridized carbons (Fsp3) is 0.529. The lowest BCUT2D eigenvalue weighted by Gasteiger charge is -2.22. The van der Waals surface area contributed by atoms with Gasteiger partial charge in [-0.1, -0.05) is 12.1 Å². The SMILES string of the molecule is CCN(CCC(=O)O)C(=O)COc1ccc(C2SCCCS2)cc1. The number of likely N-dealkylation sites (N-methyl/N-ethyl adjacent to an activating group) is 1. The van der Waals surface area contributed by atoms with E-state index in [2.05, 4.69) is 12.1 Å². The highest BCUT2D eigenvalue weighted by molar-refractivity contribution is 8.16. The topological polar surface area (TPSA) is 66.8 Å². The predicted molar refractivity (Wildman–Crippen MR) is 98.7 cm³/mol. The number of carboxylic acid groups (broad SMARTS) is 1. The van der Waals surface area contributed by atoms with Crippen molar-refractivity contribution in [2.45, 2.75) is 24.3 Å². The number of ether oxygens (including phenoxy) is 1. The molecule has 7 heteroatoms. The molecule has 2 rings (SSSR count). The molecule has 0 atom stereocenters. The molecule has 1 aromatic carbocycles. The minimum Gasteiger partial charge on any atom is -0.484 e. The van der Waals surface area contributed by atoms with Crippen molar-refractivity contribution in [3.05, 3.63) is 29.8 Å². The van der Waals surface area contributed by atoms with Crippen LogP contribution in [-0.4, -0.2) is 53.1 Å². The molecular weight excluding hydrogens is 346 g/mol. The average molecular weight is 370 g/mol. The molecule has 24 heavy (non-hydrogen) atoms. The largest absolute Gasteiger partial charge is 0.484 e. The van der Waals surface area contributed by atoms with Gasteiger partial charge in [0.25, 0.3) is 5.91 Å². The number of rotatable bonds is 8. The molecule has 1 saturated heterocycles. The Hall–Kier alpha value is -1.34. The summed E-state index contributed by atoms with van der Waals surface area (Å²) in [6.07, 6.45) is 1.22. The lowest BCUT2D eigenvalue weighted by molar-refractivity contribution is -0.139. The maximum atomic E-state index is 12.1. The summed E-state index contributed by atoms with van der Waals surface area (Å²) in [5.74, 6) is 1.96. The van der Waals surface area contributed by atoms with Gasteiger partial charge in [-0.2, -0.15) is 0 Å². The van der Waals surface area contributed by atoms with E-state index in [0.717, 1.165) is 0 Å². The van der Waals surface area contributed by atoms with Crippen LogP contribution in [0.15, 0.2) is 24.3 Å². The first-order valence-corrected chi connectivity index (χ1v) is 10.2. The maximum Gasteiger partial charge on any atom is 0.305 e. The molecule has 0 aliphatic carbocycles. The van der Waals surface area contributed by atoms with Crippen LogP contribution >= 0.6 is 23.5 Å². The molecule has 1 fully saturated rings. The molecular formula is C17H23NO4S2. The zero-order chi connectivity index (χ0) is 17.4. The second kappa shape index (κ2) is 9.84. The summed E-state index contributed by atoms with van der Waals surface area (Å²) in [7, 11) is 0. The van der Waals surface area contributed by atoms with E-state index in [1.165, 1.54) is 28.4 Å².